The highest BCUT2D eigenvalue weighted by atomic mass is 32.2. The molecule has 0 bridgehead atoms. The number of hydrogen-bond donors (Lipinski definition) is 2. The van der Waals surface area contributed by atoms with E-state index in [1.54, 1.807) is 0 Å². The molecule has 1 fully saturated rings. The molecule has 1 saturated heterocycles. The molecule has 0 aromatic heterocycles. The smallest absolute Gasteiger partial charge is 0.240 e. The number of nitrogens with two attached hydrogens (primary N) is 1. The van der Waals surface area contributed by atoms with Crippen molar-refractivity contribution in [2.75, 3.05) is 17.2 Å². The van der Waals surface area contributed by atoms with Crippen LogP contribution in [-0.2, 0) is 19.9 Å². The van der Waals surface area contributed by atoms with Gasteiger partial charge in [-0.15, -0.1) is 0 Å². The Balaban J connectivity index is 2.20. The number of rotatable bonds is 3. The number of sulfone groups is 1. The van der Waals surface area contributed by atoms with Gasteiger partial charge in [-0.2, -0.15) is 0 Å². The van der Waals surface area contributed by atoms with Crippen LogP contribution in [0.4, 0.5) is 10.1 Å². The van der Waals surface area contributed by atoms with Gasteiger partial charge in [-0.05, 0) is 37.5 Å². The summed E-state index contributed by atoms with van der Waals surface area (Å²) in [6, 6.07) is 1.82. The van der Waals surface area contributed by atoms with Gasteiger partial charge in [0.25, 0.3) is 0 Å². The zero-order chi connectivity index (χ0) is 15.8. The van der Waals surface area contributed by atoms with Gasteiger partial charge in [-0.3, -0.25) is 0 Å². The van der Waals surface area contributed by atoms with Crippen LogP contribution in [-0.4, -0.2) is 34.4 Å². The van der Waals surface area contributed by atoms with E-state index >= 15 is 0 Å². The van der Waals surface area contributed by atoms with Crippen molar-refractivity contribution < 1.29 is 21.2 Å². The molecule has 0 aliphatic carbocycles. The average Bonchev–Trinajstić information content (AvgIpc) is 2.38. The number of nitrogens with one attached hydrogen (secondary N) is 1. The molecule has 0 spiro atoms. The number of anilines is 1. The maximum Gasteiger partial charge on any atom is 0.240 e. The zero-order valence-electron chi connectivity index (χ0n) is 11.5. The molecule has 0 unspecified atom stereocenters. The van der Waals surface area contributed by atoms with Gasteiger partial charge in [0.1, 0.15) is 15.7 Å². The zero-order valence-corrected chi connectivity index (χ0v) is 13.1. The fourth-order valence-electron chi connectivity index (χ4n) is 2.21. The molecule has 1 aliphatic rings. The first-order chi connectivity index (χ1) is 9.61. The van der Waals surface area contributed by atoms with E-state index in [9.17, 15) is 21.2 Å². The molecule has 3 N–H and O–H groups in total. The van der Waals surface area contributed by atoms with Crippen molar-refractivity contribution in [2.45, 2.75) is 30.7 Å². The molecule has 118 valence electrons. The molecule has 9 heteroatoms. The summed E-state index contributed by atoms with van der Waals surface area (Å²) >= 11 is 0. The van der Waals surface area contributed by atoms with Gasteiger partial charge in [0, 0.05) is 6.04 Å². The molecule has 6 nitrogen and oxygen atoms in total. The van der Waals surface area contributed by atoms with Gasteiger partial charge in [0.15, 0.2) is 0 Å². The summed E-state index contributed by atoms with van der Waals surface area (Å²) in [5.74, 6) is -0.715. The largest absolute Gasteiger partial charge is 0.396 e. The Morgan fingerprint density at radius 3 is 2.38 bits per heavy atom. The number of sulfonamides is 1. The maximum absolute atomic E-state index is 13.4. The van der Waals surface area contributed by atoms with Crippen LogP contribution in [0.5, 0.6) is 0 Å². The second-order valence-electron chi connectivity index (χ2n) is 5.19. The third kappa shape index (κ3) is 3.72. The van der Waals surface area contributed by atoms with Crippen LogP contribution in [0.1, 0.15) is 18.4 Å². The highest BCUT2D eigenvalue weighted by Gasteiger charge is 2.28. The van der Waals surface area contributed by atoms with Crippen molar-refractivity contribution >= 4 is 25.5 Å². The van der Waals surface area contributed by atoms with Crippen LogP contribution in [0, 0.1) is 12.7 Å². The predicted octanol–water partition coefficient (Wildman–Crippen LogP) is 0.572. The van der Waals surface area contributed by atoms with E-state index in [1.807, 2.05) is 0 Å². The van der Waals surface area contributed by atoms with Gasteiger partial charge < -0.3 is 5.73 Å². The number of hydrogen-bond acceptors (Lipinski definition) is 5. The van der Waals surface area contributed by atoms with E-state index in [0.717, 1.165) is 6.07 Å². The minimum atomic E-state index is -3.85. The van der Waals surface area contributed by atoms with Crippen LogP contribution in [0.25, 0.3) is 0 Å². The number of aryl methyl sites for hydroxylation is 1. The van der Waals surface area contributed by atoms with Gasteiger partial charge in [0.2, 0.25) is 10.0 Å². The van der Waals surface area contributed by atoms with E-state index in [1.165, 1.54) is 13.0 Å². The Morgan fingerprint density at radius 2 is 1.86 bits per heavy atom. The van der Waals surface area contributed by atoms with Crippen LogP contribution in [0.2, 0.25) is 0 Å². The van der Waals surface area contributed by atoms with Crippen LogP contribution >= 0.6 is 0 Å². The SMILES string of the molecule is Cc1cc(S(=O)(=O)NC2CCS(=O)(=O)CC2)cc(N)c1F. The van der Waals surface area contributed by atoms with Crippen molar-refractivity contribution in [2.24, 2.45) is 0 Å². The lowest BCUT2D eigenvalue weighted by Gasteiger charge is -2.23. The summed E-state index contributed by atoms with van der Waals surface area (Å²) in [6.45, 7) is 1.43. The molecule has 1 aromatic carbocycles. The molecule has 0 amide bonds. The fourth-order valence-corrected chi connectivity index (χ4v) is 5.13. The molecule has 0 radical (unpaired) electrons. The standard InChI is InChI=1S/C12H17FN2O4S2/c1-8-6-10(7-11(14)12(8)13)21(18,19)15-9-2-4-20(16,17)5-3-9/h6-7,9,15H,2-5,14H2,1H3. The Labute approximate surface area is 123 Å². The second-order valence-corrected chi connectivity index (χ2v) is 9.21. The minimum absolute atomic E-state index is 0.0369. The van der Waals surface area contributed by atoms with Crippen LogP contribution in [0.3, 0.4) is 0 Å². The van der Waals surface area contributed by atoms with E-state index in [2.05, 4.69) is 4.72 Å². The molecule has 21 heavy (non-hydrogen) atoms. The molecule has 0 saturated carbocycles. The Bertz CT molecular complexity index is 722. The number of nitrogen functional groups attached to an aromatic ring is 1. The lowest BCUT2D eigenvalue weighted by atomic mass is 10.2. The predicted molar refractivity (Wildman–Crippen MR) is 77.5 cm³/mol. The van der Waals surface area contributed by atoms with Crippen molar-refractivity contribution in [3.05, 3.63) is 23.5 Å². The van der Waals surface area contributed by atoms with Gasteiger partial charge in [-0.1, -0.05) is 0 Å². The van der Waals surface area contributed by atoms with Crippen molar-refractivity contribution in [3.8, 4) is 0 Å². The lowest BCUT2D eigenvalue weighted by Crippen LogP contribution is -2.40. The molecule has 2 rings (SSSR count). The topological polar surface area (TPSA) is 106 Å². The third-order valence-corrected chi connectivity index (χ3v) is 6.66. The molecule has 1 aromatic rings. The second kappa shape index (κ2) is 5.54. The summed E-state index contributed by atoms with van der Waals surface area (Å²) < 4.78 is 63.0. The first kappa shape index (κ1) is 16.2. The molecular formula is C12H17FN2O4S2. The van der Waals surface area contributed by atoms with Gasteiger partial charge in [-0.25, -0.2) is 25.9 Å². The normalized spacial score (nSPS) is 19.5. The van der Waals surface area contributed by atoms with Gasteiger partial charge >= 0.3 is 0 Å². The maximum atomic E-state index is 13.4. The number of benzene rings is 1. The fraction of sp³-hybridized carbons (Fsp3) is 0.500. The summed E-state index contributed by atoms with van der Waals surface area (Å²) in [7, 11) is -6.91. The molecule has 1 heterocycles. The molecule has 0 atom stereocenters. The quantitative estimate of drug-likeness (QED) is 0.785. The van der Waals surface area contributed by atoms with Crippen LogP contribution in [0.15, 0.2) is 17.0 Å². The van der Waals surface area contributed by atoms with Crippen molar-refractivity contribution in [1.29, 1.82) is 0 Å². The molecular weight excluding hydrogens is 319 g/mol. The number of halogens is 1. The highest BCUT2D eigenvalue weighted by Crippen LogP contribution is 2.22. The van der Waals surface area contributed by atoms with E-state index in [0.29, 0.717) is 0 Å². The first-order valence-electron chi connectivity index (χ1n) is 6.39. The molecule has 1 aliphatic heterocycles. The average molecular weight is 336 g/mol. The first-order valence-corrected chi connectivity index (χ1v) is 9.69. The van der Waals surface area contributed by atoms with E-state index in [-0.39, 0.29) is 40.5 Å². The lowest BCUT2D eigenvalue weighted by molar-refractivity contribution is 0.505. The summed E-state index contributed by atoms with van der Waals surface area (Å²) in [5, 5.41) is 0. The Morgan fingerprint density at radius 1 is 1.29 bits per heavy atom. The van der Waals surface area contributed by atoms with Crippen molar-refractivity contribution in [3.63, 3.8) is 0 Å². The Kier molecular flexibility index (Phi) is 4.27. The Hall–Kier alpha value is -1.19. The summed E-state index contributed by atoms with van der Waals surface area (Å²) in [4.78, 5) is -0.118. The van der Waals surface area contributed by atoms with Crippen molar-refractivity contribution in [1.82, 2.24) is 4.72 Å². The summed E-state index contributed by atoms with van der Waals surface area (Å²) in [6.07, 6.45) is 0.467. The monoisotopic (exact) mass is 336 g/mol. The van der Waals surface area contributed by atoms with Crippen LogP contribution < -0.4 is 10.5 Å². The van der Waals surface area contributed by atoms with E-state index in [4.69, 9.17) is 5.73 Å². The summed E-state index contributed by atoms with van der Waals surface area (Å²) in [5.41, 5.74) is 5.35. The third-order valence-electron chi connectivity index (χ3n) is 3.44. The van der Waals surface area contributed by atoms with E-state index < -0.39 is 31.7 Å². The highest BCUT2D eigenvalue weighted by molar-refractivity contribution is 7.91. The minimum Gasteiger partial charge on any atom is -0.396 e. The van der Waals surface area contributed by atoms with Gasteiger partial charge in [0.05, 0.1) is 22.1 Å².